The Morgan fingerprint density at radius 1 is 1.10 bits per heavy atom. The van der Waals surface area contributed by atoms with Crippen LogP contribution in [-0.4, -0.2) is 32.2 Å². The molecule has 1 saturated carbocycles. The standard InChI is InChI=1S/C24H29FN2O3/c1-29-22-11-6-16(13-23(22)30-21-4-2-3-5-21)17-12-18(24(28)27-14-17)15-26-20-9-7-19(25)8-10-20/h6-11,13,17-18,21,26H,2-5,12,14-15H2,1H3,(H,27,28)/t17-,18+/m1/s1. The third-order valence-electron chi connectivity index (χ3n) is 6.11. The van der Waals surface area contributed by atoms with Crippen LogP contribution in [0.15, 0.2) is 42.5 Å². The lowest BCUT2D eigenvalue weighted by atomic mass is 9.85. The van der Waals surface area contributed by atoms with E-state index in [4.69, 9.17) is 9.47 Å². The summed E-state index contributed by atoms with van der Waals surface area (Å²) in [6.45, 7) is 1.12. The number of benzene rings is 2. The zero-order chi connectivity index (χ0) is 20.9. The van der Waals surface area contributed by atoms with Crippen LogP contribution in [0.1, 0.15) is 43.6 Å². The van der Waals surface area contributed by atoms with Gasteiger partial charge in [0.25, 0.3) is 0 Å². The first-order chi connectivity index (χ1) is 14.6. The van der Waals surface area contributed by atoms with Crippen molar-refractivity contribution in [2.75, 3.05) is 25.5 Å². The van der Waals surface area contributed by atoms with E-state index in [9.17, 15) is 9.18 Å². The molecule has 0 radical (unpaired) electrons. The second-order valence-electron chi connectivity index (χ2n) is 8.20. The average molecular weight is 413 g/mol. The second kappa shape index (κ2) is 9.37. The van der Waals surface area contributed by atoms with Crippen molar-refractivity contribution in [1.29, 1.82) is 0 Å². The maximum Gasteiger partial charge on any atom is 0.224 e. The summed E-state index contributed by atoms with van der Waals surface area (Å²) in [6, 6.07) is 12.3. The number of halogens is 1. The largest absolute Gasteiger partial charge is 0.493 e. The second-order valence-corrected chi connectivity index (χ2v) is 8.20. The highest BCUT2D eigenvalue weighted by molar-refractivity contribution is 5.80. The Morgan fingerprint density at radius 3 is 2.60 bits per heavy atom. The van der Waals surface area contributed by atoms with Gasteiger partial charge in [0, 0.05) is 24.7 Å². The topological polar surface area (TPSA) is 59.6 Å². The van der Waals surface area contributed by atoms with Gasteiger partial charge in [-0.3, -0.25) is 4.79 Å². The molecule has 0 bridgehead atoms. The summed E-state index contributed by atoms with van der Waals surface area (Å²) in [4.78, 5) is 12.4. The van der Waals surface area contributed by atoms with E-state index in [-0.39, 0.29) is 29.7 Å². The quantitative estimate of drug-likeness (QED) is 0.704. The van der Waals surface area contributed by atoms with Crippen LogP contribution in [0.5, 0.6) is 11.5 Å². The lowest BCUT2D eigenvalue weighted by molar-refractivity contribution is -0.126. The van der Waals surface area contributed by atoms with E-state index in [1.807, 2.05) is 6.07 Å². The fraction of sp³-hybridized carbons (Fsp3) is 0.458. The van der Waals surface area contributed by atoms with Gasteiger partial charge in [0.1, 0.15) is 5.82 Å². The summed E-state index contributed by atoms with van der Waals surface area (Å²) < 4.78 is 24.8. The number of ether oxygens (including phenoxy) is 2. The number of amides is 1. The number of anilines is 1. The van der Waals surface area contributed by atoms with Gasteiger partial charge in [-0.15, -0.1) is 0 Å². The Balaban J connectivity index is 1.43. The minimum Gasteiger partial charge on any atom is -0.493 e. The number of rotatable bonds is 7. The molecule has 2 fully saturated rings. The van der Waals surface area contributed by atoms with Gasteiger partial charge in [0.05, 0.1) is 19.1 Å². The van der Waals surface area contributed by atoms with Gasteiger partial charge in [-0.25, -0.2) is 4.39 Å². The Kier molecular flexibility index (Phi) is 6.41. The van der Waals surface area contributed by atoms with E-state index in [2.05, 4.69) is 22.8 Å². The van der Waals surface area contributed by atoms with E-state index in [1.54, 1.807) is 19.2 Å². The molecule has 2 aromatic carbocycles. The van der Waals surface area contributed by atoms with Crippen LogP contribution in [0, 0.1) is 11.7 Å². The average Bonchev–Trinajstić information content (AvgIpc) is 3.27. The van der Waals surface area contributed by atoms with Crippen molar-refractivity contribution < 1.29 is 18.7 Å². The predicted octanol–water partition coefficient (Wildman–Crippen LogP) is 4.49. The molecule has 160 valence electrons. The summed E-state index contributed by atoms with van der Waals surface area (Å²) in [6.07, 6.45) is 5.60. The summed E-state index contributed by atoms with van der Waals surface area (Å²) >= 11 is 0. The number of hydrogen-bond acceptors (Lipinski definition) is 4. The van der Waals surface area contributed by atoms with E-state index in [1.165, 1.54) is 25.0 Å². The lowest BCUT2D eigenvalue weighted by Crippen LogP contribution is -2.43. The number of hydrogen-bond donors (Lipinski definition) is 2. The van der Waals surface area contributed by atoms with Gasteiger partial charge in [-0.2, -0.15) is 0 Å². The van der Waals surface area contributed by atoms with Crippen molar-refractivity contribution in [3.05, 3.63) is 53.8 Å². The van der Waals surface area contributed by atoms with Crippen LogP contribution in [0.4, 0.5) is 10.1 Å². The summed E-state index contributed by atoms with van der Waals surface area (Å²) in [5.41, 5.74) is 1.96. The third kappa shape index (κ3) is 4.86. The van der Waals surface area contributed by atoms with Crippen LogP contribution in [0.25, 0.3) is 0 Å². The fourth-order valence-electron chi connectivity index (χ4n) is 4.37. The van der Waals surface area contributed by atoms with E-state index in [0.29, 0.717) is 13.1 Å². The minimum absolute atomic E-state index is 0.0526. The smallest absolute Gasteiger partial charge is 0.224 e. The molecule has 5 nitrogen and oxygen atoms in total. The van der Waals surface area contributed by atoms with Crippen molar-refractivity contribution in [3.8, 4) is 11.5 Å². The number of piperidine rings is 1. The van der Waals surface area contributed by atoms with Crippen LogP contribution < -0.4 is 20.1 Å². The molecule has 0 aromatic heterocycles. The molecule has 0 spiro atoms. The van der Waals surface area contributed by atoms with E-state index >= 15 is 0 Å². The lowest BCUT2D eigenvalue weighted by Gasteiger charge is -2.30. The molecule has 6 heteroatoms. The first-order valence-corrected chi connectivity index (χ1v) is 10.7. The number of carbonyl (C=O) groups is 1. The highest BCUT2D eigenvalue weighted by Crippen LogP contribution is 2.36. The van der Waals surface area contributed by atoms with Crippen molar-refractivity contribution >= 4 is 11.6 Å². The van der Waals surface area contributed by atoms with Gasteiger partial charge in [-0.05, 0) is 74.1 Å². The Hall–Kier alpha value is -2.76. The zero-order valence-electron chi connectivity index (χ0n) is 17.3. The van der Waals surface area contributed by atoms with Crippen molar-refractivity contribution in [3.63, 3.8) is 0 Å². The molecule has 2 N–H and O–H groups in total. The van der Waals surface area contributed by atoms with Crippen LogP contribution >= 0.6 is 0 Å². The van der Waals surface area contributed by atoms with Gasteiger partial charge < -0.3 is 20.1 Å². The fourth-order valence-corrected chi connectivity index (χ4v) is 4.37. The number of nitrogens with one attached hydrogen (secondary N) is 2. The van der Waals surface area contributed by atoms with Gasteiger partial charge in [0.15, 0.2) is 11.5 Å². The monoisotopic (exact) mass is 412 g/mol. The van der Waals surface area contributed by atoms with E-state index in [0.717, 1.165) is 42.0 Å². The van der Waals surface area contributed by atoms with Crippen molar-refractivity contribution in [1.82, 2.24) is 5.32 Å². The van der Waals surface area contributed by atoms with Crippen LogP contribution in [0.2, 0.25) is 0 Å². The molecule has 4 rings (SSSR count). The molecule has 2 atom stereocenters. The Morgan fingerprint density at radius 2 is 1.87 bits per heavy atom. The van der Waals surface area contributed by atoms with Gasteiger partial charge in [0.2, 0.25) is 5.91 Å². The summed E-state index contributed by atoms with van der Waals surface area (Å²) in [5.74, 6) is 1.37. The normalized spacial score (nSPS) is 21.9. The molecule has 1 aliphatic heterocycles. The molecular weight excluding hydrogens is 383 g/mol. The predicted molar refractivity (Wildman–Crippen MR) is 115 cm³/mol. The Labute approximate surface area is 177 Å². The molecule has 2 aliphatic rings. The zero-order valence-corrected chi connectivity index (χ0v) is 17.3. The highest BCUT2D eigenvalue weighted by Gasteiger charge is 2.30. The molecule has 30 heavy (non-hydrogen) atoms. The molecule has 1 aliphatic carbocycles. The maximum absolute atomic E-state index is 13.1. The van der Waals surface area contributed by atoms with Crippen molar-refractivity contribution in [2.45, 2.75) is 44.1 Å². The van der Waals surface area contributed by atoms with E-state index < -0.39 is 0 Å². The maximum atomic E-state index is 13.1. The van der Waals surface area contributed by atoms with Gasteiger partial charge >= 0.3 is 0 Å². The molecular formula is C24H29FN2O3. The SMILES string of the molecule is COc1ccc([C@H]2CNC(=O)[C@H](CNc3ccc(F)cc3)C2)cc1OC1CCCC1. The number of methoxy groups -OCH3 is 1. The first kappa shape index (κ1) is 20.5. The summed E-state index contributed by atoms with van der Waals surface area (Å²) in [7, 11) is 1.66. The molecule has 0 unspecified atom stereocenters. The number of carbonyl (C=O) groups excluding carboxylic acids is 1. The first-order valence-electron chi connectivity index (χ1n) is 10.7. The third-order valence-corrected chi connectivity index (χ3v) is 6.11. The van der Waals surface area contributed by atoms with Crippen LogP contribution in [0.3, 0.4) is 0 Å². The highest BCUT2D eigenvalue weighted by atomic mass is 19.1. The minimum atomic E-state index is -0.272. The van der Waals surface area contributed by atoms with Crippen LogP contribution in [-0.2, 0) is 4.79 Å². The molecule has 1 heterocycles. The van der Waals surface area contributed by atoms with Crippen molar-refractivity contribution in [2.24, 2.45) is 5.92 Å². The molecule has 1 amide bonds. The summed E-state index contributed by atoms with van der Waals surface area (Å²) in [5, 5.41) is 6.29. The Bertz CT molecular complexity index is 865. The molecule has 1 saturated heterocycles. The molecule has 2 aromatic rings. The van der Waals surface area contributed by atoms with Gasteiger partial charge in [-0.1, -0.05) is 6.07 Å².